The van der Waals surface area contributed by atoms with Crippen molar-refractivity contribution in [1.29, 1.82) is 0 Å². The van der Waals surface area contributed by atoms with Crippen molar-refractivity contribution in [2.24, 2.45) is 0 Å². The minimum Gasteiger partial charge on any atom is -0.312 e. The van der Waals surface area contributed by atoms with Crippen LogP contribution in [0.5, 0.6) is 0 Å². The quantitative estimate of drug-likeness (QED) is 0.827. The molecule has 3 nitrogen and oxygen atoms in total. The molecule has 16 heavy (non-hydrogen) atoms. The lowest BCUT2D eigenvalue weighted by Gasteiger charge is -2.13. The van der Waals surface area contributed by atoms with Gasteiger partial charge in [0.2, 0.25) is 0 Å². The van der Waals surface area contributed by atoms with Crippen molar-refractivity contribution < 1.29 is 0 Å². The molecule has 0 spiro atoms. The molecule has 1 aliphatic heterocycles. The van der Waals surface area contributed by atoms with Gasteiger partial charge in [-0.25, -0.2) is 0 Å². The zero-order chi connectivity index (χ0) is 11.4. The smallest absolute Gasteiger partial charge is 0.0300 e. The number of likely N-dealkylation sites (tertiary alicyclic amines) is 1. The maximum absolute atomic E-state index is 4.12. The van der Waals surface area contributed by atoms with Gasteiger partial charge in [-0.3, -0.25) is 4.98 Å². The van der Waals surface area contributed by atoms with E-state index in [2.05, 4.69) is 35.2 Å². The molecule has 1 fully saturated rings. The largest absolute Gasteiger partial charge is 0.312 e. The SMILES string of the molecule is CC1CC(NCCc2cccnc2)CN1C. The van der Waals surface area contributed by atoms with Crippen molar-refractivity contribution in [3.63, 3.8) is 0 Å². The third-order valence-corrected chi connectivity index (χ3v) is 3.46. The highest BCUT2D eigenvalue weighted by atomic mass is 15.2. The molecule has 0 aromatic carbocycles. The second-order valence-corrected chi connectivity index (χ2v) is 4.79. The van der Waals surface area contributed by atoms with E-state index in [1.165, 1.54) is 18.5 Å². The molecular weight excluding hydrogens is 198 g/mol. The first-order chi connectivity index (χ1) is 7.75. The average molecular weight is 219 g/mol. The Labute approximate surface area is 97.9 Å². The summed E-state index contributed by atoms with van der Waals surface area (Å²) in [5, 5.41) is 3.62. The highest BCUT2D eigenvalue weighted by molar-refractivity contribution is 5.08. The van der Waals surface area contributed by atoms with Crippen molar-refractivity contribution in [2.75, 3.05) is 20.1 Å². The van der Waals surface area contributed by atoms with Crippen LogP contribution in [-0.2, 0) is 6.42 Å². The van der Waals surface area contributed by atoms with Crippen molar-refractivity contribution in [3.05, 3.63) is 30.1 Å². The van der Waals surface area contributed by atoms with Crippen LogP contribution in [0.25, 0.3) is 0 Å². The van der Waals surface area contributed by atoms with E-state index in [0.717, 1.165) is 19.0 Å². The predicted molar refractivity (Wildman–Crippen MR) is 66.4 cm³/mol. The van der Waals surface area contributed by atoms with E-state index in [0.29, 0.717) is 6.04 Å². The minimum atomic E-state index is 0.664. The Kier molecular flexibility index (Phi) is 3.91. The normalized spacial score (nSPS) is 26.1. The molecule has 0 aliphatic carbocycles. The van der Waals surface area contributed by atoms with Crippen LogP contribution in [0.3, 0.4) is 0 Å². The Balaban J connectivity index is 1.69. The second kappa shape index (κ2) is 5.41. The van der Waals surface area contributed by atoms with E-state index in [4.69, 9.17) is 0 Å². The van der Waals surface area contributed by atoms with Gasteiger partial charge in [-0.15, -0.1) is 0 Å². The van der Waals surface area contributed by atoms with Gasteiger partial charge in [-0.1, -0.05) is 6.07 Å². The van der Waals surface area contributed by atoms with Crippen LogP contribution in [0.15, 0.2) is 24.5 Å². The molecule has 1 aromatic heterocycles. The Morgan fingerprint density at radius 1 is 1.56 bits per heavy atom. The van der Waals surface area contributed by atoms with E-state index < -0.39 is 0 Å². The van der Waals surface area contributed by atoms with Crippen LogP contribution >= 0.6 is 0 Å². The Bertz CT molecular complexity index is 302. The van der Waals surface area contributed by atoms with Gasteiger partial charge < -0.3 is 10.2 Å². The van der Waals surface area contributed by atoms with Crippen molar-refractivity contribution >= 4 is 0 Å². The molecule has 88 valence electrons. The van der Waals surface area contributed by atoms with Crippen molar-refractivity contribution in [3.8, 4) is 0 Å². The molecule has 3 heteroatoms. The number of rotatable bonds is 4. The summed E-state index contributed by atoms with van der Waals surface area (Å²) >= 11 is 0. The average Bonchev–Trinajstić information content (AvgIpc) is 2.60. The topological polar surface area (TPSA) is 28.2 Å². The summed E-state index contributed by atoms with van der Waals surface area (Å²) < 4.78 is 0. The van der Waals surface area contributed by atoms with Gasteiger partial charge in [0, 0.05) is 31.0 Å². The van der Waals surface area contributed by atoms with Gasteiger partial charge >= 0.3 is 0 Å². The number of hydrogen-bond donors (Lipinski definition) is 1. The number of likely N-dealkylation sites (N-methyl/N-ethyl adjacent to an activating group) is 1. The predicted octanol–water partition coefficient (Wildman–Crippen LogP) is 1.31. The number of nitrogens with zero attached hydrogens (tertiary/aromatic N) is 2. The van der Waals surface area contributed by atoms with Gasteiger partial charge in [0.1, 0.15) is 0 Å². The molecular formula is C13H21N3. The Morgan fingerprint density at radius 3 is 3.06 bits per heavy atom. The lowest BCUT2D eigenvalue weighted by molar-refractivity contribution is 0.327. The molecule has 2 atom stereocenters. The van der Waals surface area contributed by atoms with Crippen molar-refractivity contribution in [1.82, 2.24) is 15.2 Å². The highest BCUT2D eigenvalue weighted by Crippen LogP contribution is 2.14. The van der Waals surface area contributed by atoms with Gasteiger partial charge in [0.25, 0.3) is 0 Å². The monoisotopic (exact) mass is 219 g/mol. The Morgan fingerprint density at radius 2 is 2.44 bits per heavy atom. The summed E-state index contributed by atoms with van der Waals surface area (Å²) in [5.41, 5.74) is 1.31. The fourth-order valence-electron chi connectivity index (χ4n) is 2.31. The highest BCUT2D eigenvalue weighted by Gasteiger charge is 2.25. The van der Waals surface area contributed by atoms with Gasteiger partial charge in [-0.05, 0) is 45.0 Å². The lowest BCUT2D eigenvalue weighted by Crippen LogP contribution is -2.32. The molecule has 0 amide bonds. The summed E-state index contributed by atoms with van der Waals surface area (Å²) in [7, 11) is 2.20. The Hall–Kier alpha value is -0.930. The molecule has 2 heterocycles. The zero-order valence-electron chi connectivity index (χ0n) is 10.2. The fraction of sp³-hybridized carbons (Fsp3) is 0.615. The van der Waals surface area contributed by atoms with E-state index in [-0.39, 0.29) is 0 Å². The minimum absolute atomic E-state index is 0.664. The first-order valence-corrected chi connectivity index (χ1v) is 6.08. The van der Waals surface area contributed by atoms with E-state index >= 15 is 0 Å². The lowest BCUT2D eigenvalue weighted by atomic mass is 10.1. The second-order valence-electron chi connectivity index (χ2n) is 4.79. The molecule has 1 aromatic rings. The molecule has 0 radical (unpaired) electrons. The molecule has 0 saturated carbocycles. The summed E-state index contributed by atoms with van der Waals surface area (Å²) in [6.07, 6.45) is 6.11. The number of aromatic nitrogens is 1. The number of hydrogen-bond acceptors (Lipinski definition) is 3. The first-order valence-electron chi connectivity index (χ1n) is 6.08. The molecule has 1 aliphatic rings. The fourth-order valence-corrected chi connectivity index (χ4v) is 2.31. The van der Waals surface area contributed by atoms with Crippen LogP contribution in [0, 0.1) is 0 Å². The van der Waals surface area contributed by atoms with Crippen molar-refractivity contribution in [2.45, 2.75) is 31.8 Å². The third-order valence-electron chi connectivity index (χ3n) is 3.46. The number of pyridine rings is 1. The summed E-state index contributed by atoms with van der Waals surface area (Å²) in [6, 6.07) is 5.52. The zero-order valence-corrected chi connectivity index (χ0v) is 10.2. The van der Waals surface area contributed by atoms with Gasteiger partial charge in [-0.2, -0.15) is 0 Å². The van der Waals surface area contributed by atoms with E-state index in [1.54, 1.807) is 0 Å². The van der Waals surface area contributed by atoms with Crippen LogP contribution < -0.4 is 5.32 Å². The standard InChI is InChI=1S/C13H21N3/c1-11-8-13(10-16(11)2)15-7-5-12-4-3-6-14-9-12/h3-4,6,9,11,13,15H,5,7-8,10H2,1-2H3. The maximum Gasteiger partial charge on any atom is 0.0300 e. The van der Waals surface area contributed by atoms with Crippen LogP contribution in [-0.4, -0.2) is 42.1 Å². The van der Waals surface area contributed by atoms with E-state index in [9.17, 15) is 0 Å². The van der Waals surface area contributed by atoms with Crippen LogP contribution in [0.4, 0.5) is 0 Å². The third kappa shape index (κ3) is 3.03. The van der Waals surface area contributed by atoms with E-state index in [1.807, 2.05) is 18.5 Å². The number of nitrogens with one attached hydrogen (secondary N) is 1. The van der Waals surface area contributed by atoms with Gasteiger partial charge in [0.05, 0.1) is 0 Å². The molecule has 1 N–H and O–H groups in total. The first kappa shape index (κ1) is 11.6. The molecule has 2 rings (SSSR count). The summed E-state index contributed by atoms with van der Waals surface area (Å²) in [5.74, 6) is 0. The molecule has 2 unspecified atom stereocenters. The molecule has 1 saturated heterocycles. The summed E-state index contributed by atoms with van der Waals surface area (Å²) in [6.45, 7) is 4.52. The van der Waals surface area contributed by atoms with Crippen LogP contribution in [0.1, 0.15) is 18.9 Å². The van der Waals surface area contributed by atoms with Gasteiger partial charge in [0.15, 0.2) is 0 Å². The van der Waals surface area contributed by atoms with Crippen LogP contribution in [0.2, 0.25) is 0 Å². The summed E-state index contributed by atoms with van der Waals surface area (Å²) in [4.78, 5) is 6.54. The maximum atomic E-state index is 4.12. The molecule has 0 bridgehead atoms.